The largest absolute Gasteiger partial charge is 0.395 e. The van der Waals surface area contributed by atoms with E-state index < -0.39 is 0 Å². The number of nitrogens with one attached hydrogen (secondary N) is 1. The lowest BCUT2D eigenvalue weighted by Crippen LogP contribution is -2.30. The molecule has 3 aromatic rings. The van der Waals surface area contributed by atoms with Gasteiger partial charge in [0.05, 0.1) is 24.6 Å². The van der Waals surface area contributed by atoms with Gasteiger partial charge in [0.25, 0.3) is 0 Å². The lowest BCUT2D eigenvalue weighted by Gasteiger charge is -2.26. The highest BCUT2D eigenvalue weighted by molar-refractivity contribution is 5.88. The molecule has 0 aromatic heterocycles. The van der Waals surface area contributed by atoms with Crippen LogP contribution in [0.5, 0.6) is 0 Å². The van der Waals surface area contributed by atoms with Crippen LogP contribution in [0.25, 0.3) is 11.1 Å². The lowest BCUT2D eigenvalue weighted by molar-refractivity contribution is -0.114. The topological polar surface area (TPSA) is 97.5 Å². The van der Waals surface area contributed by atoms with Gasteiger partial charge in [-0.2, -0.15) is 10.2 Å². The molecule has 0 unspecified atom stereocenters. The van der Waals surface area contributed by atoms with Crippen molar-refractivity contribution in [1.82, 2.24) is 0 Å². The van der Waals surface area contributed by atoms with Crippen LogP contribution in [0.4, 0.5) is 22.7 Å². The van der Waals surface area contributed by atoms with Gasteiger partial charge >= 0.3 is 0 Å². The quantitative estimate of drug-likeness (QED) is 0.422. The van der Waals surface area contributed by atoms with Crippen molar-refractivity contribution in [1.29, 1.82) is 0 Å². The molecule has 3 N–H and O–H groups in total. The highest BCUT2D eigenvalue weighted by atomic mass is 16.3. The van der Waals surface area contributed by atoms with E-state index in [1.54, 1.807) is 24.3 Å². The van der Waals surface area contributed by atoms with E-state index in [0.29, 0.717) is 24.5 Å². The average Bonchev–Trinajstić information content (AvgIpc) is 2.79. The molecule has 0 aliphatic heterocycles. The molecular weight excluding hydrogens is 404 g/mol. The number of aryl methyl sites for hydroxylation is 1. The third kappa shape index (κ3) is 6.00. The Labute approximate surface area is 188 Å². The molecule has 0 aliphatic carbocycles. The number of nitrogens with zero attached hydrogens (tertiary/aromatic N) is 3. The molecule has 7 nitrogen and oxygen atoms in total. The molecule has 0 saturated carbocycles. The first-order valence-electron chi connectivity index (χ1n) is 10.5. The Balaban J connectivity index is 1.83. The van der Waals surface area contributed by atoms with Gasteiger partial charge in [-0.1, -0.05) is 24.3 Å². The Morgan fingerprint density at radius 2 is 1.62 bits per heavy atom. The molecule has 0 radical (unpaired) electrons. The van der Waals surface area contributed by atoms with Crippen molar-refractivity contribution in [3.63, 3.8) is 0 Å². The van der Waals surface area contributed by atoms with Gasteiger partial charge in [-0.05, 0) is 60.5 Å². The van der Waals surface area contributed by atoms with Gasteiger partial charge in [0, 0.05) is 37.0 Å². The van der Waals surface area contributed by atoms with Crippen molar-refractivity contribution in [3.8, 4) is 11.1 Å². The number of carbonyl (C=O) groups excluding carboxylic acids is 1. The molecule has 0 spiro atoms. The standard InChI is InChI=1S/C25H28N4O3/c1-18-17-20(23-5-3-4-6-25(23)29(13-15-30)14-16-31)7-12-24(18)28-27-22-10-8-21(9-11-22)26-19(2)32/h3-12,17,30-31H,13-16H2,1-2H3,(H,26,32)/b28-27+. The third-order valence-corrected chi connectivity index (χ3v) is 4.95. The lowest BCUT2D eigenvalue weighted by atomic mass is 10.00. The number of hydrogen-bond donors (Lipinski definition) is 3. The van der Waals surface area contributed by atoms with Crippen molar-refractivity contribution >= 4 is 28.7 Å². The SMILES string of the molecule is CC(=O)Nc1ccc(/N=N/c2ccc(-c3ccccc3N(CCO)CCO)cc2C)cc1. The highest BCUT2D eigenvalue weighted by Crippen LogP contribution is 2.34. The molecule has 3 rings (SSSR count). The van der Waals surface area contributed by atoms with Crippen molar-refractivity contribution in [2.24, 2.45) is 10.2 Å². The first-order chi connectivity index (χ1) is 15.5. The maximum absolute atomic E-state index is 11.1. The van der Waals surface area contributed by atoms with E-state index in [2.05, 4.69) is 21.6 Å². The minimum atomic E-state index is -0.118. The minimum absolute atomic E-state index is 0.0124. The number of azo groups is 1. The van der Waals surface area contributed by atoms with Crippen LogP contribution in [0.2, 0.25) is 0 Å². The van der Waals surface area contributed by atoms with Crippen LogP contribution in [0.15, 0.2) is 77.0 Å². The summed E-state index contributed by atoms with van der Waals surface area (Å²) in [4.78, 5) is 13.1. The summed E-state index contributed by atoms with van der Waals surface area (Å²) in [7, 11) is 0. The predicted molar refractivity (Wildman–Crippen MR) is 128 cm³/mol. The zero-order valence-corrected chi connectivity index (χ0v) is 18.3. The van der Waals surface area contributed by atoms with Gasteiger partial charge in [0.15, 0.2) is 0 Å². The summed E-state index contributed by atoms with van der Waals surface area (Å²) >= 11 is 0. The number of rotatable bonds is 9. The summed E-state index contributed by atoms with van der Waals surface area (Å²) in [5, 5.41) is 30.2. The third-order valence-electron chi connectivity index (χ3n) is 4.95. The molecule has 0 bridgehead atoms. The number of aliphatic hydroxyl groups is 2. The Hall–Kier alpha value is -3.55. The van der Waals surface area contributed by atoms with Crippen molar-refractivity contribution in [2.45, 2.75) is 13.8 Å². The molecular formula is C25H28N4O3. The maximum Gasteiger partial charge on any atom is 0.221 e. The fraction of sp³-hybridized carbons (Fsp3) is 0.240. The van der Waals surface area contributed by atoms with Crippen LogP contribution in [-0.4, -0.2) is 42.4 Å². The van der Waals surface area contributed by atoms with E-state index >= 15 is 0 Å². The van der Waals surface area contributed by atoms with Crippen molar-refractivity contribution in [2.75, 3.05) is 36.5 Å². The Morgan fingerprint density at radius 1 is 0.938 bits per heavy atom. The van der Waals surface area contributed by atoms with Gasteiger partial charge in [-0.3, -0.25) is 4.79 Å². The monoisotopic (exact) mass is 432 g/mol. The molecule has 0 atom stereocenters. The fourth-order valence-electron chi connectivity index (χ4n) is 3.45. The second-order valence-electron chi connectivity index (χ2n) is 7.38. The molecule has 32 heavy (non-hydrogen) atoms. The minimum Gasteiger partial charge on any atom is -0.395 e. The summed E-state index contributed by atoms with van der Waals surface area (Å²) in [6.45, 7) is 4.37. The van der Waals surface area contributed by atoms with Gasteiger partial charge in [0.1, 0.15) is 0 Å². The Kier molecular flexibility index (Phi) is 8.08. The van der Waals surface area contributed by atoms with Gasteiger partial charge < -0.3 is 20.4 Å². The van der Waals surface area contributed by atoms with Crippen LogP contribution in [0.1, 0.15) is 12.5 Å². The molecule has 0 saturated heterocycles. The number of carbonyl (C=O) groups is 1. The van der Waals surface area contributed by atoms with E-state index in [0.717, 1.165) is 28.1 Å². The second kappa shape index (κ2) is 11.2. The van der Waals surface area contributed by atoms with E-state index in [-0.39, 0.29) is 19.1 Å². The normalized spacial score (nSPS) is 11.0. The number of benzene rings is 3. The van der Waals surface area contributed by atoms with Gasteiger partial charge in [0.2, 0.25) is 5.91 Å². The van der Waals surface area contributed by atoms with Crippen LogP contribution >= 0.6 is 0 Å². The molecule has 7 heteroatoms. The number of amides is 1. The first kappa shape index (κ1) is 23.1. The summed E-state index contributed by atoms with van der Waals surface area (Å²) in [5.74, 6) is -0.118. The van der Waals surface area contributed by atoms with Crippen LogP contribution < -0.4 is 10.2 Å². The van der Waals surface area contributed by atoms with E-state index in [1.165, 1.54) is 6.92 Å². The van der Waals surface area contributed by atoms with Gasteiger partial charge in [-0.15, -0.1) is 0 Å². The maximum atomic E-state index is 11.1. The molecule has 0 fully saturated rings. The van der Waals surface area contributed by atoms with Gasteiger partial charge in [-0.25, -0.2) is 0 Å². The Morgan fingerprint density at radius 3 is 2.25 bits per heavy atom. The summed E-state index contributed by atoms with van der Waals surface area (Å²) in [6.07, 6.45) is 0. The molecule has 0 heterocycles. The fourth-order valence-corrected chi connectivity index (χ4v) is 3.45. The average molecular weight is 433 g/mol. The second-order valence-corrected chi connectivity index (χ2v) is 7.38. The number of aliphatic hydroxyl groups excluding tert-OH is 2. The van der Waals surface area contributed by atoms with E-state index in [4.69, 9.17) is 0 Å². The highest BCUT2D eigenvalue weighted by Gasteiger charge is 2.12. The molecule has 0 aliphatic rings. The predicted octanol–water partition coefficient (Wildman–Crippen LogP) is 4.83. The van der Waals surface area contributed by atoms with Crippen molar-refractivity contribution < 1.29 is 15.0 Å². The van der Waals surface area contributed by atoms with E-state index in [1.807, 2.05) is 48.2 Å². The number of hydrogen-bond acceptors (Lipinski definition) is 6. The van der Waals surface area contributed by atoms with Crippen LogP contribution in [0, 0.1) is 6.92 Å². The van der Waals surface area contributed by atoms with Crippen LogP contribution in [-0.2, 0) is 4.79 Å². The summed E-state index contributed by atoms with van der Waals surface area (Å²) in [5.41, 5.74) is 6.16. The number of anilines is 2. The molecule has 166 valence electrons. The van der Waals surface area contributed by atoms with E-state index in [9.17, 15) is 15.0 Å². The molecule has 3 aromatic carbocycles. The smallest absolute Gasteiger partial charge is 0.221 e. The zero-order chi connectivity index (χ0) is 22.9. The van der Waals surface area contributed by atoms with Crippen molar-refractivity contribution in [3.05, 3.63) is 72.3 Å². The van der Waals surface area contributed by atoms with Crippen LogP contribution in [0.3, 0.4) is 0 Å². The molecule has 1 amide bonds. The number of para-hydroxylation sites is 1. The summed E-state index contributed by atoms with van der Waals surface area (Å²) < 4.78 is 0. The first-order valence-corrected chi connectivity index (χ1v) is 10.5. The Bertz CT molecular complexity index is 1070. The zero-order valence-electron chi connectivity index (χ0n) is 18.3. The summed E-state index contributed by atoms with van der Waals surface area (Å²) in [6, 6.07) is 21.1.